The number of benzene rings is 1. The van der Waals surface area contributed by atoms with Crippen LogP contribution in [0.1, 0.15) is 29.3 Å². The molecule has 0 atom stereocenters. The lowest BCUT2D eigenvalue weighted by molar-refractivity contribution is 0.0696. The molecule has 0 aliphatic carbocycles. The van der Waals surface area contributed by atoms with Crippen LogP contribution in [0.3, 0.4) is 0 Å². The van der Waals surface area contributed by atoms with Gasteiger partial charge in [0.15, 0.2) is 0 Å². The minimum Gasteiger partial charge on any atom is -0.478 e. The second-order valence-electron chi connectivity index (χ2n) is 3.31. The molecular formula is C13H14O2S. The summed E-state index contributed by atoms with van der Waals surface area (Å²) < 4.78 is 0. The van der Waals surface area contributed by atoms with Gasteiger partial charge in [0.2, 0.25) is 0 Å². The van der Waals surface area contributed by atoms with Gasteiger partial charge in [0, 0.05) is 17.1 Å². The lowest BCUT2D eigenvalue weighted by Crippen LogP contribution is -1.99. The van der Waals surface area contributed by atoms with Crippen molar-refractivity contribution in [3.05, 3.63) is 29.3 Å². The highest BCUT2D eigenvalue weighted by Crippen LogP contribution is 2.22. The van der Waals surface area contributed by atoms with E-state index in [2.05, 4.69) is 11.8 Å². The molecule has 0 bridgehead atoms. The Labute approximate surface area is 100 Å². The molecule has 0 unspecified atom stereocenters. The highest BCUT2D eigenvalue weighted by molar-refractivity contribution is 7.99. The molecule has 0 amide bonds. The first kappa shape index (κ1) is 12.7. The second kappa shape index (κ2) is 6.24. The van der Waals surface area contributed by atoms with Crippen molar-refractivity contribution in [1.82, 2.24) is 0 Å². The molecule has 1 N–H and O–H groups in total. The number of hydrogen-bond acceptors (Lipinski definition) is 2. The number of aromatic carboxylic acids is 1. The van der Waals surface area contributed by atoms with Crippen molar-refractivity contribution in [2.45, 2.75) is 25.2 Å². The number of hydrogen-bond donors (Lipinski definition) is 1. The zero-order chi connectivity index (χ0) is 12.0. The van der Waals surface area contributed by atoms with Crippen molar-refractivity contribution in [3.63, 3.8) is 0 Å². The lowest BCUT2D eigenvalue weighted by atomic mass is 10.1. The molecular weight excluding hydrogens is 220 g/mol. The van der Waals surface area contributed by atoms with Gasteiger partial charge < -0.3 is 5.11 Å². The largest absolute Gasteiger partial charge is 0.478 e. The number of carboxylic acids is 1. The van der Waals surface area contributed by atoms with Crippen LogP contribution >= 0.6 is 11.8 Å². The summed E-state index contributed by atoms with van der Waals surface area (Å²) in [5, 5.41) is 8.97. The highest BCUT2D eigenvalue weighted by Gasteiger charge is 2.07. The van der Waals surface area contributed by atoms with E-state index in [4.69, 9.17) is 5.11 Å². The quantitative estimate of drug-likeness (QED) is 0.494. The molecule has 0 aliphatic heterocycles. The topological polar surface area (TPSA) is 37.3 Å². The Kier molecular flexibility index (Phi) is 4.94. The first-order valence-electron chi connectivity index (χ1n) is 5.01. The SMILES string of the molecule is CC#CCCSc1ccc(C)c(C(=O)O)c1. The number of rotatable bonds is 4. The summed E-state index contributed by atoms with van der Waals surface area (Å²) in [5.74, 6) is 5.84. The summed E-state index contributed by atoms with van der Waals surface area (Å²) in [5.41, 5.74) is 1.18. The molecule has 0 saturated heterocycles. The van der Waals surface area contributed by atoms with E-state index in [1.807, 2.05) is 19.1 Å². The van der Waals surface area contributed by atoms with E-state index in [0.717, 1.165) is 22.6 Å². The number of thioether (sulfide) groups is 1. The van der Waals surface area contributed by atoms with Gasteiger partial charge in [0.25, 0.3) is 0 Å². The average Bonchev–Trinajstić information content (AvgIpc) is 2.26. The maximum Gasteiger partial charge on any atom is 0.335 e. The van der Waals surface area contributed by atoms with Crippen LogP contribution in [-0.4, -0.2) is 16.8 Å². The molecule has 0 heterocycles. The maximum atomic E-state index is 10.9. The fourth-order valence-electron chi connectivity index (χ4n) is 1.27. The van der Waals surface area contributed by atoms with E-state index in [1.165, 1.54) is 0 Å². The van der Waals surface area contributed by atoms with Crippen LogP contribution in [0.25, 0.3) is 0 Å². The van der Waals surface area contributed by atoms with Crippen LogP contribution < -0.4 is 0 Å². The third-order valence-electron chi connectivity index (χ3n) is 2.11. The molecule has 2 nitrogen and oxygen atoms in total. The van der Waals surface area contributed by atoms with Gasteiger partial charge in [-0.1, -0.05) is 6.07 Å². The van der Waals surface area contributed by atoms with Crippen LogP contribution in [0.15, 0.2) is 23.1 Å². The van der Waals surface area contributed by atoms with Crippen molar-refractivity contribution >= 4 is 17.7 Å². The number of aryl methyl sites for hydroxylation is 1. The predicted molar refractivity (Wildman–Crippen MR) is 66.9 cm³/mol. The smallest absolute Gasteiger partial charge is 0.335 e. The summed E-state index contributed by atoms with van der Waals surface area (Å²) in [6.45, 7) is 3.62. The summed E-state index contributed by atoms with van der Waals surface area (Å²) in [6, 6.07) is 5.52. The Morgan fingerprint density at radius 3 is 2.88 bits per heavy atom. The third kappa shape index (κ3) is 3.63. The standard InChI is InChI=1S/C13H14O2S/c1-3-4-5-8-16-11-7-6-10(2)12(9-11)13(14)15/h6-7,9H,5,8H2,1-2H3,(H,14,15). The molecule has 1 aromatic rings. The van der Waals surface area contributed by atoms with E-state index in [1.54, 1.807) is 24.8 Å². The monoisotopic (exact) mass is 234 g/mol. The van der Waals surface area contributed by atoms with E-state index in [-0.39, 0.29) is 0 Å². The van der Waals surface area contributed by atoms with Gasteiger partial charge in [-0.05, 0) is 31.5 Å². The van der Waals surface area contributed by atoms with Gasteiger partial charge >= 0.3 is 5.97 Å². The molecule has 0 fully saturated rings. The third-order valence-corrected chi connectivity index (χ3v) is 3.11. The van der Waals surface area contributed by atoms with Crippen molar-refractivity contribution in [2.24, 2.45) is 0 Å². The molecule has 1 aromatic carbocycles. The molecule has 0 saturated carbocycles. The van der Waals surface area contributed by atoms with Gasteiger partial charge in [-0.15, -0.1) is 23.6 Å². The molecule has 0 spiro atoms. The fraction of sp³-hybridized carbons (Fsp3) is 0.308. The Bertz CT molecular complexity index is 441. The van der Waals surface area contributed by atoms with E-state index in [9.17, 15) is 4.79 Å². The van der Waals surface area contributed by atoms with Gasteiger partial charge in [-0.3, -0.25) is 0 Å². The van der Waals surface area contributed by atoms with Gasteiger partial charge in [-0.25, -0.2) is 4.79 Å². The van der Waals surface area contributed by atoms with Crippen LogP contribution in [0.5, 0.6) is 0 Å². The number of carboxylic acid groups (broad SMARTS) is 1. The van der Waals surface area contributed by atoms with Crippen molar-refractivity contribution in [2.75, 3.05) is 5.75 Å². The van der Waals surface area contributed by atoms with Crippen LogP contribution in [0.4, 0.5) is 0 Å². The first-order chi connectivity index (χ1) is 7.65. The first-order valence-corrected chi connectivity index (χ1v) is 6.00. The van der Waals surface area contributed by atoms with E-state index >= 15 is 0 Å². The minimum atomic E-state index is -0.867. The Balaban J connectivity index is 2.70. The molecule has 84 valence electrons. The molecule has 0 aliphatic rings. The molecule has 16 heavy (non-hydrogen) atoms. The number of carbonyl (C=O) groups is 1. The van der Waals surface area contributed by atoms with Crippen LogP contribution in [0.2, 0.25) is 0 Å². The van der Waals surface area contributed by atoms with Crippen molar-refractivity contribution < 1.29 is 9.90 Å². The molecule has 0 radical (unpaired) electrons. The second-order valence-corrected chi connectivity index (χ2v) is 4.48. The van der Waals surface area contributed by atoms with Crippen molar-refractivity contribution in [1.29, 1.82) is 0 Å². The minimum absolute atomic E-state index is 0.381. The van der Waals surface area contributed by atoms with E-state index in [0.29, 0.717) is 5.56 Å². The summed E-state index contributed by atoms with van der Waals surface area (Å²) in [6.07, 6.45) is 0.831. The van der Waals surface area contributed by atoms with Crippen molar-refractivity contribution in [3.8, 4) is 11.8 Å². The fourth-order valence-corrected chi connectivity index (χ4v) is 2.07. The van der Waals surface area contributed by atoms with Gasteiger partial charge in [0.1, 0.15) is 0 Å². The summed E-state index contributed by atoms with van der Waals surface area (Å²) in [4.78, 5) is 11.9. The van der Waals surface area contributed by atoms with Crippen LogP contribution in [-0.2, 0) is 0 Å². The predicted octanol–water partition coefficient (Wildman–Crippen LogP) is 3.20. The normalized spacial score (nSPS) is 9.38. The van der Waals surface area contributed by atoms with E-state index < -0.39 is 5.97 Å². The Morgan fingerprint density at radius 1 is 1.50 bits per heavy atom. The average molecular weight is 234 g/mol. The molecule has 0 aromatic heterocycles. The van der Waals surface area contributed by atoms with Crippen LogP contribution in [0, 0.1) is 18.8 Å². The summed E-state index contributed by atoms with van der Waals surface area (Å²) in [7, 11) is 0. The maximum absolute atomic E-state index is 10.9. The zero-order valence-electron chi connectivity index (χ0n) is 9.41. The Hall–Kier alpha value is -1.40. The lowest BCUT2D eigenvalue weighted by Gasteiger charge is -2.04. The summed E-state index contributed by atoms with van der Waals surface area (Å²) >= 11 is 1.63. The highest BCUT2D eigenvalue weighted by atomic mass is 32.2. The van der Waals surface area contributed by atoms with Gasteiger partial charge in [0.05, 0.1) is 5.56 Å². The molecule has 1 rings (SSSR count). The van der Waals surface area contributed by atoms with Gasteiger partial charge in [-0.2, -0.15) is 0 Å². The Morgan fingerprint density at radius 2 is 2.25 bits per heavy atom. The zero-order valence-corrected chi connectivity index (χ0v) is 10.2. The molecule has 3 heteroatoms.